The van der Waals surface area contributed by atoms with Gasteiger partial charge in [0.15, 0.2) is 6.10 Å². The van der Waals surface area contributed by atoms with E-state index in [-0.39, 0.29) is 12.5 Å². The number of carbonyl (C=O) groups is 2. The van der Waals surface area contributed by atoms with Gasteiger partial charge in [0.05, 0.1) is 17.9 Å². The van der Waals surface area contributed by atoms with Crippen molar-refractivity contribution < 1.29 is 18.7 Å². The minimum Gasteiger partial charge on any atom is -0.356 e. The predicted octanol–water partition coefficient (Wildman–Crippen LogP) is 1.10. The number of nitrogens with zero attached hydrogens (tertiary/aromatic N) is 3. The first-order valence-electron chi connectivity index (χ1n) is 7.38. The number of ether oxygens (including phenoxy) is 1. The Kier molecular flexibility index (Phi) is 4.30. The van der Waals surface area contributed by atoms with Crippen molar-refractivity contribution in [3.8, 4) is 0 Å². The largest absolute Gasteiger partial charge is 0.356 e. The lowest BCUT2D eigenvalue weighted by Gasteiger charge is -2.38. The van der Waals surface area contributed by atoms with E-state index in [4.69, 9.17) is 4.74 Å². The number of carbonyl (C=O) groups excluding carboxylic acids is 2. The molecule has 0 saturated carbocycles. The molecule has 7 nitrogen and oxygen atoms in total. The van der Waals surface area contributed by atoms with Crippen LogP contribution in [0.1, 0.15) is 11.6 Å². The lowest BCUT2D eigenvalue weighted by molar-refractivity contribution is -0.160. The first-order valence-corrected chi connectivity index (χ1v) is 7.38. The summed E-state index contributed by atoms with van der Waals surface area (Å²) in [5, 5.41) is 6.68. The van der Waals surface area contributed by atoms with Gasteiger partial charge in [0.1, 0.15) is 12.4 Å². The van der Waals surface area contributed by atoms with Crippen LogP contribution in [0.15, 0.2) is 36.7 Å². The van der Waals surface area contributed by atoms with Crippen molar-refractivity contribution in [2.45, 2.75) is 12.1 Å². The number of aromatic nitrogens is 2. The topological polar surface area (TPSA) is 76.5 Å². The van der Waals surface area contributed by atoms with Gasteiger partial charge in [-0.15, -0.1) is 0 Å². The predicted molar refractivity (Wildman–Crippen MR) is 83.5 cm³/mol. The average Bonchev–Trinajstić information content (AvgIpc) is 2.94. The molecule has 2 atom stereocenters. The number of amides is 2. The summed E-state index contributed by atoms with van der Waals surface area (Å²) in [5.74, 6) is -1.13. The van der Waals surface area contributed by atoms with Crippen LogP contribution in [0, 0.1) is 5.82 Å². The number of hydrogen-bond acceptors (Lipinski definition) is 4. The van der Waals surface area contributed by atoms with Crippen LogP contribution in [-0.2, 0) is 21.4 Å². The van der Waals surface area contributed by atoms with E-state index in [1.165, 1.54) is 29.3 Å². The summed E-state index contributed by atoms with van der Waals surface area (Å²) in [7, 11) is 3.31. The Hall–Kier alpha value is -2.74. The zero-order valence-electron chi connectivity index (χ0n) is 13.3. The van der Waals surface area contributed by atoms with Gasteiger partial charge in [-0.1, -0.05) is 12.1 Å². The lowest BCUT2D eigenvalue weighted by Crippen LogP contribution is -2.51. The maximum absolute atomic E-state index is 13.6. The second kappa shape index (κ2) is 6.40. The third-order valence-electron chi connectivity index (χ3n) is 3.90. The van der Waals surface area contributed by atoms with Gasteiger partial charge in [-0.2, -0.15) is 5.10 Å². The molecule has 1 aromatic heterocycles. The summed E-state index contributed by atoms with van der Waals surface area (Å²) in [6.45, 7) is -0.201. The molecule has 1 N–H and O–H groups in total. The second-order valence-corrected chi connectivity index (χ2v) is 5.63. The minimum atomic E-state index is -0.949. The van der Waals surface area contributed by atoms with Gasteiger partial charge in [-0.25, -0.2) is 4.39 Å². The molecule has 126 valence electrons. The Morgan fingerprint density at radius 2 is 2.21 bits per heavy atom. The highest BCUT2D eigenvalue weighted by Crippen LogP contribution is 2.30. The van der Waals surface area contributed by atoms with Crippen LogP contribution in [0.4, 0.5) is 10.1 Å². The molecule has 0 aliphatic carbocycles. The van der Waals surface area contributed by atoms with Crippen molar-refractivity contribution in [3.63, 3.8) is 0 Å². The van der Waals surface area contributed by atoms with Gasteiger partial charge in [-0.05, 0) is 17.7 Å². The minimum absolute atomic E-state index is 0.201. The van der Waals surface area contributed by atoms with Gasteiger partial charge in [0.25, 0.3) is 5.91 Å². The molecular formula is C16H17FN4O3. The molecule has 1 aliphatic rings. The number of hydrogen-bond donors (Lipinski definition) is 1. The van der Waals surface area contributed by atoms with E-state index >= 15 is 0 Å². The van der Waals surface area contributed by atoms with Crippen LogP contribution < -0.4 is 5.32 Å². The van der Waals surface area contributed by atoms with Crippen molar-refractivity contribution >= 4 is 17.5 Å². The Morgan fingerprint density at radius 3 is 2.88 bits per heavy atom. The molecule has 1 aromatic carbocycles. The zero-order chi connectivity index (χ0) is 17.3. The van der Waals surface area contributed by atoms with Crippen molar-refractivity contribution in [3.05, 3.63) is 48.0 Å². The van der Waals surface area contributed by atoms with Crippen molar-refractivity contribution in [1.29, 1.82) is 0 Å². The first kappa shape index (κ1) is 16.1. The highest BCUT2D eigenvalue weighted by atomic mass is 19.1. The van der Waals surface area contributed by atoms with Crippen LogP contribution in [0.25, 0.3) is 0 Å². The Bertz CT molecular complexity index is 776. The number of nitrogens with one attached hydrogen (secondary N) is 1. The molecule has 3 rings (SSSR count). The molecule has 1 aliphatic heterocycles. The summed E-state index contributed by atoms with van der Waals surface area (Å²) >= 11 is 0. The number of rotatable bonds is 3. The third-order valence-corrected chi connectivity index (χ3v) is 3.90. The van der Waals surface area contributed by atoms with E-state index < -0.39 is 23.9 Å². The zero-order valence-corrected chi connectivity index (χ0v) is 13.3. The summed E-state index contributed by atoms with van der Waals surface area (Å²) < 4.78 is 20.6. The van der Waals surface area contributed by atoms with Crippen molar-refractivity contribution in [1.82, 2.24) is 14.7 Å². The molecule has 1 fully saturated rings. The molecule has 2 aromatic rings. The third kappa shape index (κ3) is 3.13. The smallest absolute Gasteiger partial charge is 0.256 e. The van der Waals surface area contributed by atoms with Crippen LogP contribution >= 0.6 is 0 Å². The Labute approximate surface area is 138 Å². The highest BCUT2D eigenvalue weighted by molar-refractivity contribution is 5.96. The van der Waals surface area contributed by atoms with Crippen LogP contribution in [0.2, 0.25) is 0 Å². The number of benzene rings is 1. The SMILES string of the molecule is CN1C(=O)CO[C@@H](C(=O)Nc2cnn(C)c2)[C@H]1c1cccc(F)c1. The molecule has 0 radical (unpaired) electrons. The van der Waals surface area contributed by atoms with Gasteiger partial charge in [-0.3, -0.25) is 14.3 Å². The number of likely N-dealkylation sites (N-methyl/N-ethyl adjacent to an activating group) is 1. The van der Waals surface area contributed by atoms with E-state index in [2.05, 4.69) is 10.4 Å². The first-order chi connectivity index (χ1) is 11.5. The fourth-order valence-electron chi connectivity index (χ4n) is 2.72. The molecule has 24 heavy (non-hydrogen) atoms. The standard InChI is InChI=1S/C16H17FN4O3/c1-20-8-12(7-18-20)19-16(23)15-14(21(2)13(22)9-24-15)10-4-3-5-11(17)6-10/h3-8,14-15H,9H2,1-2H3,(H,19,23)/t14-,15-/m1/s1. The van der Waals surface area contributed by atoms with Crippen LogP contribution in [-0.4, -0.2) is 46.3 Å². The van der Waals surface area contributed by atoms with E-state index in [0.717, 1.165) is 0 Å². The summed E-state index contributed by atoms with van der Waals surface area (Å²) in [4.78, 5) is 26.0. The molecular weight excluding hydrogens is 315 g/mol. The number of halogens is 1. The van der Waals surface area contributed by atoms with Crippen molar-refractivity contribution in [2.75, 3.05) is 19.0 Å². The average molecular weight is 332 g/mol. The summed E-state index contributed by atoms with van der Waals surface area (Å²) in [5.41, 5.74) is 1.01. The number of aryl methyl sites for hydroxylation is 1. The molecule has 2 amide bonds. The van der Waals surface area contributed by atoms with Gasteiger partial charge >= 0.3 is 0 Å². The van der Waals surface area contributed by atoms with Gasteiger partial charge < -0.3 is 15.0 Å². The Balaban J connectivity index is 1.88. The van der Waals surface area contributed by atoms with E-state index in [1.54, 1.807) is 31.0 Å². The fourth-order valence-corrected chi connectivity index (χ4v) is 2.72. The second-order valence-electron chi connectivity index (χ2n) is 5.63. The number of morpholine rings is 1. The van der Waals surface area contributed by atoms with Crippen molar-refractivity contribution in [2.24, 2.45) is 7.05 Å². The van der Waals surface area contributed by atoms with Gasteiger partial charge in [0, 0.05) is 20.3 Å². The van der Waals surface area contributed by atoms with Gasteiger partial charge in [0.2, 0.25) is 5.91 Å². The normalized spacial score (nSPS) is 21.0. The molecule has 2 heterocycles. The summed E-state index contributed by atoms with van der Waals surface area (Å²) in [6, 6.07) is 5.09. The molecule has 0 unspecified atom stereocenters. The maximum Gasteiger partial charge on any atom is 0.256 e. The molecule has 0 bridgehead atoms. The number of anilines is 1. The van der Waals surface area contributed by atoms with E-state index in [0.29, 0.717) is 11.3 Å². The van der Waals surface area contributed by atoms with Crippen LogP contribution in [0.3, 0.4) is 0 Å². The molecule has 8 heteroatoms. The summed E-state index contributed by atoms with van der Waals surface area (Å²) in [6.07, 6.45) is 2.20. The monoisotopic (exact) mass is 332 g/mol. The molecule has 0 spiro atoms. The lowest BCUT2D eigenvalue weighted by atomic mass is 9.97. The quantitative estimate of drug-likeness (QED) is 0.913. The maximum atomic E-state index is 13.6. The van der Waals surface area contributed by atoms with E-state index in [1.807, 2.05) is 0 Å². The highest BCUT2D eigenvalue weighted by Gasteiger charge is 2.40. The van der Waals surface area contributed by atoms with E-state index in [9.17, 15) is 14.0 Å². The fraction of sp³-hybridized carbons (Fsp3) is 0.312. The van der Waals surface area contributed by atoms with Crippen LogP contribution in [0.5, 0.6) is 0 Å². The Morgan fingerprint density at radius 1 is 1.42 bits per heavy atom. The molecule has 1 saturated heterocycles.